The van der Waals surface area contributed by atoms with Crippen LogP contribution in [0.3, 0.4) is 0 Å². The highest BCUT2D eigenvalue weighted by atomic mass is 16.7. The maximum atomic E-state index is 12.7. The fraction of sp³-hybridized carbons (Fsp3) is 0.607. The molecule has 1 aromatic carbocycles. The SMILES string of the molecule is CCN(CC)CCNC(=O)c1ccc(O[C@@H]2O[C@@H](COC(C)=O)[C@H](OC(C)=O)[C@@H](OC(C)=O)[C@@H]2OC(C)=O)c(OC)c1. The lowest BCUT2D eigenvalue weighted by atomic mass is 9.98. The summed E-state index contributed by atoms with van der Waals surface area (Å²) in [5, 5.41) is 2.86. The molecular weight excluding hydrogens is 556 g/mol. The van der Waals surface area contributed by atoms with Crippen molar-refractivity contribution in [2.45, 2.75) is 72.2 Å². The van der Waals surface area contributed by atoms with Gasteiger partial charge in [-0.2, -0.15) is 0 Å². The zero-order valence-electron chi connectivity index (χ0n) is 25.0. The second kappa shape index (κ2) is 16.5. The zero-order valence-corrected chi connectivity index (χ0v) is 25.0. The largest absolute Gasteiger partial charge is 0.493 e. The van der Waals surface area contributed by atoms with Crippen LogP contribution in [0, 0.1) is 0 Å². The molecule has 2 rings (SSSR count). The van der Waals surface area contributed by atoms with Crippen LogP contribution in [-0.4, -0.2) is 105 Å². The number of hydrogen-bond acceptors (Lipinski definition) is 13. The molecule has 5 atom stereocenters. The average Bonchev–Trinajstić information content (AvgIpc) is 2.92. The molecule has 234 valence electrons. The number of likely N-dealkylation sites (N-methyl/N-ethyl adjacent to an activating group) is 1. The third kappa shape index (κ3) is 10.2. The summed E-state index contributed by atoms with van der Waals surface area (Å²) in [6.07, 6.45) is -6.76. The monoisotopic (exact) mass is 596 g/mol. The molecule has 0 spiro atoms. The van der Waals surface area contributed by atoms with Crippen LogP contribution in [0.15, 0.2) is 18.2 Å². The zero-order chi connectivity index (χ0) is 31.4. The van der Waals surface area contributed by atoms with E-state index in [2.05, 4.69) is 10.2 Å². The van der Waals surface area contributed by atoms with E-state index in [0.29, 0.717) is 18.7 Å². The van der Waals surface area contributed by atoms with Crippen LogP contribution in [0.4, 0.5) is 0 Å². The van der Waals surface area contributed by atoms with Gasteiger partial charge < -0.3 is 43.4 Å². The fourth-order valence-corrected chi connectivity index (χ4v) is 4.28. The summed E-state index contributed by atoms with van der Waals surface area (Å²) < 4.78 is 38.7. The average molecular weight is 597 g/mol. The van der Waals surface area contributed by atoms with Gasteiger partial charge in [0.1, 0.15) is 12.7 Å². The third-order valence-corrected chi connectivity index (χ3v) is 6.23. The number of carbonyl (C=O) groups is 5. The molecule has 1 aromatic rings. The van der Waals surface area contributed by atoms with E-state index >= 15 is 0 Å². The Balaban J connectivity index is 2.39. The van der Waals surface area contributed by atoms with E-state index < -0.39 is 61.2 Å². The van der Waals surface area contributed by atoms with Crippen molar-refractivity contribution in [2.75, 3.05) is 39.9 Å². The number of carbonyl (C=O) groups excluding carboxylic acids is 5. The molecular formula is C28H40N2O12. The predicted octanol–water partition coefficient (Wildman–Crippen LogP) is 1.23. The first kappa shape index (κ1) is 34.3. The Morgan fingerprint density at radius 2 is 1.43 bits per heavy atom. The van der Waals surface area contributed by atoms with Crippen LogP contribution < -0.4 is 14.8 Å². The van der Waals surface area contributed by atoms with Crippen molar-refractivity contribution in [1.29, 1.82) is 0 Å². The molecule has 0 radical (unpaired) electrons. The number of nitrogens with zero attached hydrogens (tertiary/aromatic N) is 1. The number of esters is 4. The Hall–Kier alpha value is -3.91. The first-order valence-corrected chi connectivity index (χ1v) is 13.6. The Bertz CT molecular complexity index is 1110. The molecule has 1 aliphatic heterocycles. The minimum Gasteiger partial charge on any atom is -0.493 e. The summed E-state index contributed by atoms with van der Waals surface area (Å²) in [5.41, 5.74) is 0.306. The molecule has 42 heavy (non-hydrogen) atoms. The van der Waals surface area contributed by atoms with E-state index in [0.717, 1.165) is 33.9 Å². The van der Waals surface area contributed by atoms with Crippen molar-refractivity contribution in [3.05, 3.63) is 23.8 Å². The molecule has 0 bridgehead atoms. The van der Waals surface area contributed by atoms with E-state index in [1.807, 2.05) is 13.8 Å². The minimum absolute atomic E-state index is 0.0955. The molecule has 1 aliphatic rings. The first-order chi connectivity index (χ1) is 19.9. The fourth-order valence-electron chi connectivity index (χ4n) is 4.28. The van der Waals surface area contributed by atoms with Crippen LogP contribution >= 0.6 is 0 Å². The van der Waals surface area contributed by atoms with Gasteiger partial charge in [-0.25, -0.2) is 0 Å². The molecule has 1 amide bonds. The van der Waals surface area contributed by atoms with E-state index in [-0.39, 0.29) is 17.4 Å². The normalized spacial score (nSPS) is 21.6. The van der Waals surface area contributed by atoms with Crippen LogP contribution in [0.2, 0.25) is 0 Å². The molecule has 0 saturated carbocycles. The standard InChI is InChI=1S/C28H40N2O12/c1-8-30(9-2)13-12-29-27(35)20-10-11-21(22(14-20)36-7)41-28-26(40-19(6)34)25(39-18(5)33)24(38-17(4)32)23(42-28)15-37-16(3)31/h10-11,14,23-26,28H,8-9,12-13,15H2,1-7H3,(H,29,35)/t23-,24-,25+,26-,28+/m0/s1. The lowest BCUT2D eigenvalue weighted by Gasteiger charge is -2.44. The predicted molar refractivity (Wildman–Crippen MR) is 146 cm³/mol. The number of nitrogens with one attached hydrogen (secondary N) is 1. The highest BCUT2D eigenvalue weighted by Crippen LogP contribution is 2.35. The lowest BCUT2D eigenvalue weighted by Crippen LogP contribution is -2.63. The second-order valence-corrected chi connectivity index (χ2v) is 9.33. The number of benzene rings is 1. The van der Waals surface area contributed by atoms with Gasteiger partial charge in [0.05, 0.1) is 7.11 Å². The van der Waals surface area contributed by atoms with Crippen molar-refractivity contribution < 1.29 is 57.1 Å². The van der Waals surface area contributed by atoms with Crippen LogP contribution in [0.25, 0.3) is 0 Å². The van der Waals surface area contributed by atoms with Gasteiger partial charge in [0.15, 0.2) is 23.7 Å². The van der Waals surface area contributed by atoms with Gasteiger partial charge in [0.25, 0.3) is 5.91 Å². The minimum atomic E-state index is -1.45. The van der Waals surface area contributed by atoms with E-state index in [1.54, 1.807) is 0 Å². The summed E-state index contributed by atoms with van der Waals surface area (Å²) in [7, 11) is 1.37. The van der Waals surface area contributed by atoms with Gasteiger partial charge in [-0.15, -0.1) is 0 Å². The Labute approximate surface area is 244 Å². The van der Waals surface area contributed by atoms with Crippen molar-refractivity contribution in [3.8, 4) is 11.5 Å². The molecule has 1 fully saturated rings. The van der Waals surface area contributed by atoms with Gasteiger partial charge in [-0.05, 0) is 31.3 Å². The third-order valence-electron chi connectivity index (χ3n) is 6.23. The first-order valence-electron chi connectivity index (χ1n) is 13.6. The van der Waals surface area contributed by atoms with Crippen LogP contribution in [0.1, 0.15) is 51.9 Å². The van der Waals surface area contributed by atoms with Crippen LogP contribution in [-0.2, 0) is 42.9 Å². The summed E-state index contributed by atoms with van der Waals surface area (Å²) in [4.78, 5) is 62.4. The second-order valence-electron chi connectivity index (χ2n) is 9.33. The number of methoxy groups -OCH3 is 1. The van der Waals surface area contributed by atoms with E-state index in [9.17, 15) is 24.0 Å². The molecule has 0 aromatic heterocycles. The maximum absolute atomic E-state index is 12.7. The van der Waals surface area contributed by atoms with Crippen LogP contribution in [0.5, 0.6) is 11.5 Å². The summed E-state index contributed by atoms with van der Waals surface area (Å²) in [6, 6.07) is 4.44. The molecule has 1 heterocycles. The summed E-state index contributed by atoms with van der Waals surface area (Å²) in [6.45, 7) is 11.1. The van der Waals surface area contributed by atoms with Crippen molar-refractivity contribution >= 4 is 29.8 Å². The topological polar surface area (TPSA) is 165 Å². The van der Waals surface area contributed by atoms with Gasteiger partial charge in [-0.1, -0.05) is 13.8 Å². The maximum Gasteiger partial charge on any atom is 0.303 e. The molecule has 1 N–H and O–H groups in total. The van der Waals surface area contributed by atoms with Gasteiger partial charge in [-0.3, -0.25) is 24.0 Å². The quantitative estimate of drug-likeness (QED) is 0.241. The van der Waals surface area contributed by atoms with Gasteiger partial charge >= 0.3 is 23.9 Å². The van der Waals surface area contributed by atoms with Gasteiger partial charge in [0.2, 0.25) is 12.4 Å². The number of rotatable bonds is 14. The summed E-state index contributed by atoms with van der Waals surface area (Å²) in [5.74, 6) is -3.00. The van der Waals surface area contributed by atoms with Crippen molar-refractivity contribution in [3.63, 3.8) is 0 Å². The highest BCUT2D eigenvalue weighted by Gasteiger charge is 2.53. The molecule has 14 nitrogen and oxygen atoms in total. The Morgan fingerprint density at radius 1 is 0.833 bits per heavy atom. The lowest BCUT2D eigenvalue weighted by molar-refractivity contribution is -0.288. The summed E-state index contributed by atoms with van der Waals surface area (Å²) >= 11 is 0. The smallest absolute Gasteiger partial charge is 0.303 e. The number of amides is 1. The van der Waals surface area contributed by atoms with Gasteiger partial charge in [0, 0.05) is 46.3 Å². The number of ether oxygens (including phenoxy) is 7. The van der Waals surface area contributed by atoms with E-state index in [1.165, 1.54) is 32.2 Å². The molecule has 1 saturated heterocycles. The van der Waals surface area contributed by atoms with Crippen molar-refractivity contribution in [2.24, 2.45) is 0 Å². The molecule has 0 aliphatic carbocycles. The molecule has 14 heteroatoms. The highest BCUT2D eigenvalue weighted by molar-refractivity contribution is 5.94. The molecule has 0 unspecified atom stereocenters. The Morgan fingerprint density at radius 3 is 1.98 bits per heavy atom. The van der Waals surface area contributed by atoms with E-state index in [4.69, 9.17) is 33.2 Å². The Kier molecular flexibility index (Phi) is 13.5. The van der Waals surface area contributed by atoms with Crippen molar-refractivity contribution in [1.82, 2.24) is 10.2 Å². The number of hydrogen-bond donors (Lipinski definition) is 1.